The molecule has 0 atom stereocenters. The maximum Gasteiger partial charge on any atom is 0.251 e. The molecule has 1 aliphatic rings. The summed E-state index contributed by atoms with van der Waals surface area (Å²) in [5.74, 6) is 1.62. The molecule has 4 rings (SSSR count). The lowest BCUT2D eigenvalue weighted by molar-refractivity contribution is 0.0910. The summed E-state index contributed by atoms with van der Waals surface area (Å²) < 4.78 is 1.97. The first-order valence-corrected chi connectivity index (χ1v) is 12.4. The summed E-state index contributed by atoms with van der Waals surface area (Å²) in [6.07, 6.45) is 3.35. The standard InChI is InChI=1S/C24H28ClN5O2S/c1-26-19-9-6-17(25)12-22(19)33-14-28-24-29-20-11-16(5-10-21(20)30(24)2)23(32)27-13-15-3-7-18(31)8-4-15/h5-6,9-12,15,18,31H,1,3-4,7-8,13-14H2,2H3,(H,27,32)(H,28,29). The van der Waals surface area contributed by atoms with E-state index in [1.165, 1.54) is 0 Å². The average Bonchev–Trinajstić information content (AvgIpc) is 3.13. The largest absolute Gasteiger partial charge is 0.393 e. The Balaban J connectivity index is 1.38. The molecular formula is C24H28ClN5O2S. The van der Waals surface area contributed by atoms with Crippen molar-refractivity contribution in [2.75, 3.05) is 17.7 Å². The minimum atomic E-state index is -0.184. The molecule has 9 heteroatoms. The fourth-order valence-electron chi connectivity index (χ4n) is 4.10. The van der Waals surface area contributed by atoms with E-state index in [4.69, 9.17) is 11.6 Å². The summed E-state index contributed by atoms with van der Waals surface area (Å²) in [5.41, 5.74) is 3.08. The van der Waals surface area contributed by atoms with Gasteiger partial charge >= 0.3 is 0 Å². The number of aliphatic imine (C=N–C) groups is 1. The molecule has 1 amide bonds. The van der Waals surface area contributed by atoms with Crippen LogP contribution in [0.25, 0.3) is 11.0 Å². The van der Waals surface area contributed by atoms with Gasteiger partial charge in [0.15, 0.2) is 0 Å². The smallest absolute Gasteiger partial charge is 0.251 e. The van der Waals surface area contributed by atoms with Crippen molar-refractivity contribution in [1.82, 2.24) is 14.9 Å². The van der Waals surface area contributed by atoms with Gasteiger partial charge in [0.25, 0.3) is 5.91 Å². The quantitative estimate of drug-likeness (QED) is 0.237. The molecule has 0 aliphatic heterocycles. The van der Waals surface area contributed by atoms with Gasteiger partial charge in [0.05, 0.1) is 28.7 Å². The molecule has 1 fully saturated rings. The highest BCUT2D eigenvalue weighted by atomic mass is 35.5. The topological polar surface area (TPSA) is 91.5 Å². The van der Waals surface area contributed by atoms with E-state index in [0.29, 0.717) is 34.9 Å². The van der Waals surface area contributed by atoms with Crippen LogP contribution in [0.5, 0.6) is 0 Å². The Labute approximate surface area is 202 Å². The molecule has 7 nitrogen and oxygen atoms in total. The van der Waals surface area contributed by atoms with Crippen molar-refractivity contribution in [2.24, 2.45) is 18.0 Å². The summed E-state index contributed by atoms with van der Waals surface area (Å²) in [6, 6.07) is 11.1. The number of rotatable bonds is 8. The molecule has 33 heavy (non-hydrogen) atoms. The molecular weight excluding hydrogens is 458 g/mol. The second kappa shape index (κ2) is 10.6. The second-order valence-electron chi connectivity index (χ2n) is 8.32. The molecule has 1 aliphatic carbocycles. The number of thioether (sulfide) groups is 1. The van der Waals surface area contributed by atoms with Crippen molar-refractivity contribution in [3.63, 3.8) is 0 Å². The number of halogens is 1. The van der Waals surface area contributed by atoms with Crippen molar-refractivity contribution >= 4 is 58.7 Å². The normalized spacial score (nSPS) is 18.3. The highest BCUT2D eigenvalue weighted by Crippen LogP contribution is 2.32. The monoisotopic (exact) mass is 485 g/mol. The van der Waals surface area contributed by atoms with Crippen LogP contribution in [-0.2, 0) is 7.05 Å². The third kappa shape index (κ3) is 5.69. The van der Waals surface area contributed by atoms with Gasteiger partial charge in [-0.3, -0.25) is 9.79 Å². The van der Waals surface area contributed by atoms with E-state index >= 15 is 0 Å². The lowest BCUT2D eigenvalue weighted by atomic mass is 9.87. The number of fused-ring (bicyclic) bond motifs is 1. The summed E-state index contributed by atoms with van der Waals surface area (Å²) in [7, 11) is 1.94. The van der Waals surface area contributed by atoms with Gasteiger partial charge in [-0.2, -0.15) is 0 Å². The highest BCUT2D eigenvalue weighted by molar-refractivity contribution is 7.99. The van der Waals surface area contributed by atoms with Gasteiger partial charge in [0, 0.05) is 29.1 Å². The lowest BCUT2D eigenvalue weighted by Crippen LogP contribution is -2.32. The summed E-state index contributed by atoms with van der Waals surface area (Å²) in [5, 5.41) is 16.7. The predicted octanol–water partition coefficient (Wildman–Crippen LogP) is 5.00. The van der Waals surface area contributed by atoms with Crippen LogP contribution in [0.2, 0.25) is 5.02 Å². The Bertz CT molecular complexity index is 1160. The number of carbonyl (C=O) groups excluding carboxylic acids is 1. The van der Waals surface area contributed by atoms with Crippen LogP contribution in [0, 0.1) is 5.92 Å². The van der Waals surface area contributed by atoms with Crippen molar-refractivity contribution in [1.29, 1.82) is 0 Å². The third-order valence-corrected chi connectivity index (χ3v) is 7.22. The fraction of sp³-hybridized carbons (Fsp3) is 0.375. The molecule has 0 unspecified atom stereocenters. The van der Waals surface area contributed by atoms with Gasteiger partial charge in [0.1, 0.15) is 0 Å². The van der Waals surface area contributed by atoms with Crippen molar-refractivity contribution < 1.29 is 9.90 Å². The van der Waals surface area contributed by atoms with Crippen molar-refractivity contribution in [2.45, 2.75) is 36.7 Å². The zero-order valence-corrected chi connectivity index (χ0v) is 20.1. The number of aliphatic hydroxyl groups excluding tert-OH is 1. The molecule has 0 spiro atoms. The van der Waals surface area contributed by atoms with E-state index in [0.717, 1.165) is 47.3 Å². The summed E-state index contributed by atoms with van der Waals surface area (Å²) >= 11 is 7.67. The van der Waals surface area contributed by atoms with E-state index in [-0.39, 0.29) is 12.0 Å². The minimum absolute atomic E-state index is 0.0934. The van der Waals surface area contributed by atoms with Crippen molar-refractivity contribution in [3.8, 4) is 0 Å². The molecule has 3 N–H and O–H groups in total. The van der Waals surface area contributed by atoms with Crippen LogP contribution in [0.15, 0.2) is 46.3 Å². The second-order valence-corrected chi connectivity index (χ2v) is 9.77. The van der Waals surface area contributed by atoms with Gasteiger partial charge in [-0.1, -0.05) is 11.6 Å². The first-order chi connectivity index (χ1) is 15.9. The van der Waals surface area contributed by atoms with Crippen molar-refractivity contribution in [3.05, 3.63) is 47.0 Å². The Hall–Kier alpha value is -2.55. The molecule has 1 heterocycles. The molecule has 174 valence electrons. The molecule has 0 saturated heterocycles. The van der Waals surface area contributed by atoms with Crippen LogP contribution in [0.1, 0.15) is 36.0 Å². The van der Waals surface area contributed by atoms with Crippen LogP contribution in [-0.4, -0.2) is 45.8 Å². The van der Waals surface area contributed by atoms with Gasteiger partial charge in [-0.05, 0) is 74.7 Å². The number of hydrogen-bond acceptors (Lipinski definition) is 6. The Morgan fingerprint density at radius 1 is 1.27 bits per heavy atom. The number of imidazole rings is 1. The zero-order valence-electron chi connectivity index (χ0n) is 18.6. The lowest BCUT2D eigenvalue weighted by Gasteiger charge is -2.25. The van der Waals surface area contributed by atoms with E-state index < -0.39 is 0 Å². The highest BCUT2D eigenvalue weighted by Gasteiger charge is 2.20. The first-order valence-electron chi connectivity index (χ1n) is 11.0. The van der Waals surface area contributed by atoms with Crippen LogP contribution in [0.3, 0.4) is 0 Å². The number of anilines is 1. The number of aryl methyl sites for hydroxylation is 1. The summed E-state index contributed by atoms with van der Waals surface area (Å²) in [4.78, 5) is 22.3. The summed E-state index contributed by atoms with van der Waals surface area (Å²) in [6.45, 7) is 4.25. The van der Waals surface area contributed by atoms with E-state index in [2.05, 4.69) is 27.3 Å². The van der Waals surface area contributed by atoms with E-state index in [9.17, 15) is 9.90 Å². The number of hydrogen-bond donors (Lipinski definition) is 3. The fourth-order valence-corrected chi connectivity index (χ4v) is 5.18. The first kappa shape index (κ1) is 23.6. The van der Waals surface area contributed by atoms with Gasteiger partial charge in [-0.15, -0.1) is 11.8 Å². The maximum absolute atomic E-state index is 12.7. The van der Waals surface area contributed by atoms with Gasteiger partial charge < -0.3 is 20.3 Å². The SMILES string of the molecule is C=Nc1ccc(Cl)cc1SCNc1nc2cc(C(=O)NCC3CCC(O)CC3)ccc2n1C. The van der Waals surface area contributed by atoms with Gasteiger partial charge in [-0.25, -0.2) is 4.98 Å². The third-order valence-electron chi connectivity index (χ3n) is 6.06. The molecule has 3 aromatic rings. The van der Waals surface area contributed by atoms with Gasteiger partial charge in [0.2, 0.25) is 5.95 Å². The predicted molar refractivity (Wildman–Crippen MR) is 136 cm³/mol. The maximum atomic E-state index is 12.7. The minimum Gasteiger partial charge on any atom is -0.393 e. The number of nitrogens with zero attached hydrogens (tertiary/aromatic N) is 3. The number of aromatic nitrogens is 2. The molecule has 1 saturated carbocycles. The number of carbonyl (C=O) groups is 1. The van der Waals surface area contributed by atoms with E-state index in [1.807, 2.05) is 41.9 Å². The Morgan fingerprint density at radius 3 is 2.82 bits per heavy atom. The Morgan fingerprint density at radius 2 is 2.06 bits per heavy atom. The van der Waals surface area contributed by atoms with Crippen LogP contribution >= 0.6 is 23.4 Å². The molecule has 1 aromatic heterocycles. The van der Waals surface area contributed by atoms with Crippen LogP contribution in [0.4, 0.5) is 11.6 Å². The van der Waals surface area contributed by atoms with E-state index in [1.54, 1.807) is 17.8 Å². The Kier molecular flexibility index (Phi) is 7.57. The molecule has 0 radical (unpaired) electrons. The molecule has 0 bridgehead atoms. The zero-order chi connectivity index (χ0) is 23.4. The van der Waals surface area contributed by atoms with Crippen LogP contribution < -0.4 is 10.6 Å². The number of aliphatic hydroxyl groups is 1. The average molecular weight is 486 g/mol. The number of amides is 1. The molecule has 2 aromatic carbocycles. The number of nitrogens with one attached hydrogen (secondary N) is 2. The number of benzene rings is 2.